The fourth-order valence-electron chi connectivity index (χ4n) is 4.03. The number of anilines is 2. The van der Waals surface area contributed by atoms with Crippen LogP contribution in [0.5, 0.6) is 5.75 Å². The van der Waals surface area contributed by atoms with Crippen molar-refractivity contribution in [2.75, 3.05) is 43.0 Å². The summed E-state index contributed by atoms with van der Waals surface area (Å²) in [6, 6.07) is 21.7. The molecule has 9 heteroatoms. The quantitative estimate of drug-likeness (QED) is 0.403. The minimum Gasteiger partial charge on any atom is -0.494 e. The van der Waals surface area contributed by atoms with Crippen LogP contribution in [0.3, 0.4) is 0 Å². The first-order chi connectivity index (χ1) is 17.9. The second-order valence-corrected chi connectivity index (χ2v) is 9.43. The number of benzene rings is 3. The zero-order valence-corrected chi connectivity index (χ0v) is 22.1. The molecular weight excluding hydrogens is 508 g/mol. The van der Waals surface area contributed by atoms with Crippen molar-refractivity contribution in [1.29, 1.82) is 0 Å². The van der Waals surface area contributed by atoms with Crippen LogP contribution in [0.4, 0.5) is 11.4 Å². The highest BCUT2D eigenvalue weighted by atomic mass is 35.5. The maximum absolute atomic E-state index is 12.8. The molecule has 192 valence electrons. The van der Waals surface area contributed by atoms with E-state index in [0.29, 0.717) is 48.9 Å². The maximum Gasteiger partial charge on any atom is 0.257 e. The Morgan fingerprint density at radius 3 is 2.24 bits per heavy atom. The van der Waals surface area contributed by atoms with Gasteiger partial charge in [0.1, 0.15) is 5.75 Å². The van der Waals surface area contributed by atoms with Gasteiger partial charge in [0.2, 0.25) is 0 Å². The Hall–Kier alpha value is -3.62. The van der Waals surface area contributed by atoms with E-state index in [1.54, 1.807) is 48.5 Å². The van der Waals surface area contributed by atoms with Gasteiger partial charge in [-0.25, -0.2) is 0 Å². The summed E-state index contributed by atoms with van der Waals surface area (Å²) >= 11 is 11.4. The molecule has 1 heterocycles. The summed E-state index contributed by atoms with van der Waals surface area (Å²) in [5.74, 6) is 0.422. The van der Waals surface area contributed by atoms with Crippen molar-refractivity contribution in [2.24, 2.45) is 0 Å². The molecular formula is C28H29ClN4O3S. The topological polar surface area (TPSA) is 73.9 Å². The van der Waals surface area contributed by atoms with Crippen LogP contribution in [-0.4, -0.2) is 54.6 Å². The van der Waals surface area contributed by atoms with Crippen molar-refractivity contribution >= 4 is 52.1 Å². The summed E-state index contributed by atoms with van der Waals surface area (Å²) in [6.07, 6.45) is 0.918. The number of amides is 2. The highest BCUT2D eigenvalue weighted by Gasteiger charge is 2.23. The fraction of sp³-hybridized carbons (Fsp3) is 0.250. The van der Waals surface area contributed by atoms with Crippen LogP contribution in [0.2, 0.25) is 5.02 Å². The maximum atomic E-state index is 12.8. The van der Waals surface area contributed by atoms with Gasteiger partial charge in [-0.05, 0) is 79.3 Å². The van der Waals surface area contributed by atoms with Gasteiger partial charge in [-0.2, -0.15) is 0 Å². The van der Waals surface area contributed by atoms with Gasteiger partial charge in [0, 0.05) is 42.3 Å². The molecule has 2 amide bonds. The minimum atomic E-state index is -0.300. The second kappa shape index (κ2) is 12.6. The second-order valence-electron chi connectivity index (χ2n) is 8.58. The number of thiocarbonyl (C=S) groups is 1. The van der Waals surface area contributed by atoms with E-state index in [2.05, 4.69) is 15.5 Å². The summed E-state index contributed by atoms with van der Waals surface area (Å²) < 4.78 is 5.57. The van der Waals surface area contributed by atoms with Crippen LogP contribution in [0.15, 0.2) is 72.8 Å². The molecule has 0 unspecified atom stereocenters. The molecule has 4 rings (SSSR count). The monoisotopic (exact) mass is 536 g/mol. The lowest BCUT2D eigenvalue weighted by atomic mass is 10.1. The van der Waals surface area contributed by atoms with Gasteiger partial charge in [-0.15, -0.1) is 0 Å². The van der Waals surface area contributed by atoms with E-state index in [1.807, 2.05) is 36.1 Å². The first-order valence-electron chi connectivity index (χ1n) is 12.2. The van der Waals surface area contributed by atoms with Crippen molar-refractivity contribution in [1.82, 2.24) is 10.2 Å². The summed E-state index contributed by atoms with van der Waals surface area (Å²) in [6.45, 7) is 5.20. The number of nitrogens with one attached hydrogen (secondary N) is 2. The summed E-state index contributed by atoms with van der Waals surface area (Å²) in [5.41, 5.74) is 2.86. The number of piperazine rings is 1. The third kappa shape index (κ3) is 6.99. The van der Waals surface area contributed by atoms with Crippen molar-refractivity contribution in [3.8, 4) is 5.75 Å². The largest absolute Gasteiger partial charge is 0.494 e. The third-order valence-corrected chi connectivity index (χ3v) is 6.42. The number of hydrogen-bond acceptors (Lipinski definition) is 5. The number of ether oxygens (including phenoxy) is 1. The average Bonchev–Trinajstić information content (AvgIpc) is 2.92. The van der Waals surface area contributed by atoms with Gasteiger partial charge in [-0.1, -0.05) is 30.7 Å². The van der Waals surface area contributed by atoms with Crippen molar-refractivity contribution in [3.05, 3.63) is 88.9 Å². The molecule has 0 saturated carbocycles. The van der Waals surface area contributed by atoms with Gasteiger partial charge in [0.25, 0.3) is 11.8 Å². The first-order valence-corrected chi connectivity index (χ1v) is 13.0. The van der Waals surface area contributed by atoms with Crippen molar-refractivity contribution in [2.45, 2.75) is 13.3 Å². The molecule has 0 bridgehead atoms. The molecule has 3 aromatic carbocycles. The van der Waals surface area contributed by atoms with Crippen LogP contribution in [0, 0.1) is 0 Å². The molecule has 37 heavy (non-hydrogen) atoms. The van der Waals surface area contributed by atoms with Gasteiger partial charge >= 0.3 is 0 Å². The van der Waals surface area contributed by atoms with Crippen LogP contribution in [0.1, 0.15) is 34.1 Å². The Kier molecular flexibility index (Phi) is 8.98. The van der Waals surface area contributed by atoms with Gasteiger partial charge in [0.05, 0.1) is 18.0 Å². The molecule has 3 aromatic rings. The molecule has 1 fully saturated rings. The number of para-hydroxylation sites is 2. The Bertz CT molecular complexity index is 1240. The van der Waals surface area contributed by atoms with Gasteiger partial charge in [-0.3, -0.25) is 14.9 Å². The molecule has 1 saturated heterocycles. The lowest BCUT2D eigenvalue weighted by Gasteiger charge is -2.37. The van der Waals surface area contributed by atoms with E-state index in [-0.39, 0.29) is 16.9 Å². The molecule has 0 spiro atoms. The highest BCUT2D eigenvalue weighted by molar-refractivity contribution is 7.80. The zero-order valence-electron chi connectivity index (χ0n) is 20.6. The number of halogens is 1. The Morgan fingerprint density at radius 2 is 1.57 bits per heavy atom. The van der Waals surface area contributed by atoms with E-state index in [0.717, 1.165) is 23.5 Å². The van der Waals surface area contributed by atoms with E-state index >= 15 is 0 Å². The Morgan fingerprint density at radius 1 is 0.919 bits per heavy atom. The fourth-order valence-corrected chi connectivity index (χ4v) is 4.36. The minimum absolute atomic E-state index is 0.00317. The summed E-state index contributed by atoms with van der Waals surface area (Å²) in [5, 5.41) is 6.71. The molecule has 0 aliphatic carbocycles. The van der Waals surface area contributed by atoms with E-state index in [4.69, 9.17) is 28.6 Å². The number of carbonyl (C=O) groups excluding carboxylic acids is 2. The van der Waals surface area contributed by atoms with Gasteiger partial charge in [0.15, 0.2) is 5.11 Å². The lowest BCUT2D eigenvalue weighted by molar-refractivity contribution is 0.0746. The lowest BCUT2D eigenvalue weighted by Crippen LogP contribution is -2.49. The SMILES string of the molecule is CCCOc1ccc(C(=O)NC(=S)Nc2ccccc2N2CCN(C(=O)c3ccc(Cl)cc3)CC2)cc1. The van der Waals surface area contributed by atoms with Crippen LogP contribution < -0.4 is 20.3 Å². The molecule has 0 radical (unpaired) electrons. The van der Waals surface area contributed by atoms with Crippen LogP contribution in [-0.2, 0) is 0 Å². The number of hydrogen-bond donors (Lipinski definition) is 2. The van der Waals surface area contributed by atoms with Crippen LogP contribution in [0.25, 0.3) is 0 Å². The van der Waals surface area contributed by atoms with Crippen molar-refractivity contribution in [3.63, 3.8) is 0 Å². The number of nitrogens with zero attached hydrogens (tertiary/aromatic N) is 2. The number of rotatable bonds is 7. The Labute approximate surface area is 227 Å². The summed E-state index contributed by atoms with van der Waals surface area (Å²) in [7, 11) is 0. The molecule has 7 nitrogen and oxygen atoms in total. The molecule has 0 aromatic heterocycles. The smallest absolute Gasteiger partial charge is 0.257 e. The predicted molar refractivity (Wildman–Crippen MR) is 152 cm³/mol. The predicted octanol–water partition coefficient (Wildman–Crippen LogP) is 5.22. The molecule has 1 aliphatic heterocycles. The van der Waals surface area contributed by atoms with Crippen LogP contribution >= 0.6 is 23.8 Å². The van der Waals surface area contributed by atoms with E-state index < -0.39 is 0 Å². The highest BCUT2D eigenvalue weighted by Crippen LogP contribution is 2.27. The molecule has 0 atom stereocenters. The summed E-state index contributed by atoms with van der Waals surface area (Å²) in [4.78, 5) is 29.5. The van der Waals surface area contributed by atoms with Crippen molar-refractivity contribution < 1.29 is 14.3 Å². The van der Waals surface area contributed by atoms with E-state index in [1.165, 1.54) is 0 Å². The number of carbonyl (C=O) groups is 2. The molecule has 1 aliphatic rings. The average molecular weight is 537 g/mol. The third-order valence-electron chi connectivity index (χ3n) is 5.97. The zero-order chi connectivity index (χ0) is 26.2. The normalized spacial score (nSPS) is 13.1. The van der Waals surface area contributed by atoms with Gasteiger partial charge < -0.3 is 19.9 Å². The van der Waals surface area contributed by atoms with E-state index in [9.17, 15) is 9.59 Å². The Balaban J connectivity index is 1.34. The molecule has 2 N–H and O–H groups in total. The standard InChI is InChI=1S/C28H29ClN4O3S/c1-2-19-36-23-13-9-20(10-14-23)26(34)31-28(37)30-24-5-3-4-6-25(24)32-15-17-33(18-16-32)27(35)21-7-11-22(29)12-8-21/h3-14H,2,15-19H2,1H3,(H2,30,31,34,37). The first kappa shape index (κ1) is 26.4.